The minimum absolute atomic E-state index is 0.313. The molecule has 0 unspecified atom stereocenters. The van der Waals surface area contributed by atoms with Crippen LogP contribution in [0.1, 0.15) is 0 Å². The molecule has 0 fully saturated rings. The van der Waals surface area contributed by atoms with Crippen LogP contribution in [0.3, 0.4) is 0 Å². The molecule has 0 saturated carbocycles. The van der Waals surface area contributed by atoms with E-state index < -0.39 is 0 Å². The molecule has 0 aliphatic carbocycles. The van der Waals surface area contributed by atoms with E-state index in [4.69, 9.17) is 4.74 Å². The number of rotatable bonds is 4. The van der Waals surface area contributed by atoms with E-state index in [1.807, 2.05) is 36.4 Å². The highest BCUT2D eigenvalue weighted by molar-refractivity contribution is 9.10. The molecule has 0 spiro atoms. The zero-order valence-corrected chi connectivity index (χ0v) is 16.3. The topological polar surface area (TPSA) is 100 Å². The molecule has 28 heavy (non-hydrogen) atoms. The maximum Gasteiger partial charge on any atom is 0.323 e. The van der Waals surface area contributed by atoms with Gasteiger partial charge in [0, 0.05) is 21.5 Å². The molecule has 2 heterocycles. The van der Waals surface area contributed by atoms with Crippen molar-refractivity contribution in [3.8, 4) is 5.75 Å². The van der Waals surface area contributed by atoms with Crippen molar-refractivity contribution in [3.63, 3.8) is 0 Å². The van der Waals surface area contributed by atoms with Gasteiger partial charge in [-0.15, -0.1) is 0 Å². The van der Waals surface area contributed by atoms with Gasteiger partial charge < -0.3 is 26.0 Å². The number of benzene rings is 2. The molecule has 4 rings (SSSR count). The number of hydrogen-bond acceptors (Lipinski definition) is 6. The van der Waals surface area contributed by atoms with E-state index in [1.165, 1.54) is 6.33 Å². The molecule has 0 radical (unpaired) electrons. The molecular weight excluding hydrogens is 424 g/mol. The van der Waals surface area contributed by atoms with Crippen LogP contribution in [0.2, 0.25) is 0 Å². The molecule has 1 aromatic heterocycles. The van der Waals surface area contributed by atoms with Gasteiger partial charge in [-0.3, -0.25) is 0 Å². The van der Waals surface area contributed by atoms with Crippen molar-refractivity contribution in [3.05, 3.63) is 59.3 Å². The summed E-state index contributed by atoms with van der Waals surface area (Å²) >= 11 is 3.36. The average Bonchev–Trinajstić information content (AvgIpc) is 2.71. The Morgan fingerprint density at radius 2 is 1.61 bits per heavy atom. The van der Waals surface area contributed by atoms with Crippen molar-refractivity contribution >= 4 is 50.7 Å². The van der Waals surface area contributed by atoms with Gasteiger partial charge in [0.05, 0.1) is 6.54 Å². The Bertz CT molecular complexity index is 979. The van der Waals surface area contributed by atoms with Gasteiger partial charge in [-0.25, -0.2) is 14.8 Å². The monoisotopic (exact) mass is 440 g/mol. The Morgan fingerprint density at radius 1 is 0.964 bits per heavy atom. The van der Waals surface area contributed by atoms with E-state index >= 15 is 0 Å². The Kier molecular flexibility index (Phi) is 5.24. The van der Waals surface area contributed by atoms with Gasteiger partial charge in [0.2, 0.25) is 5.75 Å². The number of anilines is 5. The predicted octanol–water partition coefficient (Wildman–Crippen LogP) is 4.43. The number of fused-ring (bicyclic) bond motifs is 1. The normalized spacial score (nSPS) is 12.2. The van der Waals surface area contributed by atoms with E-state index in [9.17, 15) is 4.79 Å². The number of ether oxygens (including phenoxy) is 1. The number of carbonyl (C=O) groups excluding carboxylic acids is 1. The van der Waals surface area contributed by atoms with Gasteiger partial charge in [-0.1, -0.05) is 15.9 Å². The van der Waals surface area contributed by atoms with Gasteiger partial charge in [0.25, 0.3) is 0 Å². The van der Waals surface area contributed by atoms with Crippen LogP contribution in [0.25, 0.3) is 0 Å². The second kappa shape index (κ2) is 8.13. The summed E-state index contributed by atoms with van der Waals surface area (Å²) in [5.74, 6) is 1.86. The van der Waals surface area contributed by atoms with Gasteiger partial charge in [-0.05, 0) is 48.5 Å². The largest absolute Gasteiger partial charge is 0.485 e. The van der Waals surface area contributed by atoms with Crippen molar-refractivity contribution in [2.75, 3.05) is 34.4 Å². The molecule has 0 atom stereocenters. The van der Waals surface area contributed by atoms with Crippen LogP contribution in [0.5, 0.6) is 5.75 Å². The van der Waals surface area contributed by atoms with Crippen molar-refractivity contribution in [2.24, 2.45) is 0 Å². The molecule has 2 amide bonds. The summed E-state index contributed by atoms with van der Waals surface area (Å²) in [5.41, 5.74) is 2.19. The molecule has 1 aliphatic rings. The lowest BCUT2D eigenvalue weighted by Crippen LogP contribution is -2.20. The quantitative estimate of drug-likeness (QED) is 0.478. The van der Waals surface area contributed by atoms with Crippen LogP contribution in [0, 0.1) is 0 Å². The molecule has 0 saturated heterocycles. The zero-order valence-electron chi connectivity index (χ0n) is 14.7. The maximum atomic E-state index is 12.1. The number of amides is 2. The number of urea groups is 1. The summed E-state index contributed by atoms with van der Waals surface area (Å²) in [6, 6.07) is 14.3. The van der Waals surface area contributed by atoms with E-state index in [1.54, 1.807) is 12.1 Å². The number of hydrogen-bond donors (Lipinski definition) is 4. The minimum atomic E-state index is -0.313. The molecular formula is C19H17BrN6O2. The summed E-state index contributed by atoms with van der Waals surface area (Å²) in [4.78, 5) is 20.5. The molecule has 2 aromatic carbocycles. The highest BCUT2D eigenvalue weighted by Gasteiger charge is 2.16. The first kappa shape index (κ1) is 18.1. The highest BCUT2D eigenvalue weighted by atomic mass is 79.9. The molecule has 4 N–H and O–H groups in total. The summed E-state index contributed by atoms with van der Waals surface area (Å²) in [6.45, 7) is 1.28. The van der Waals surface area contributed by atoms with E-state index in [2.05, 4.69) is 47.2 Å². The van der Waals surface area contributed by atoms with Gasteiger partial charge in [0.1, 0.15) is 12.9 Å². The molecule has 142 valence electrons. The summed E-state index contributed by atoms with van der Waals surface area (Å²) in [7, 11) is 0. The lowest BCUT2D eigenvalue weighted by Gasteiger charge is -2.20. The Labute approximate surface area is 169 Å². The predicted molar refractivity (Wildman–Crippen MR) is 113 cm³/mol. The average molecular weight is 441 g/mol. The second-order valence-electron chi connectivity index (χ2n) is 5.96. The van der Waals surface area contributed by atoms with E-state index in [0.29, 0.717) is 41.9 Å². The third-order valence-electron chi connectivity index (χ3n) is 3.95. The van der Waals surface area contributed by atoms with Crippen molar-refractivity contribution in [1.82, 2.24) is 9.97 Å². The Balaban J connectivity index is 1.39. The number of aromatic nitrogens is 2. The second-order valence-corrected chi connectivity index (χ2v) is 6.88. The summed E-state index contributed by atoms with van der Waals surface area (Å²) < 4.78 is 6.60. The van der Waals surface area contributed by atoms with Crippen LogP contribution in [0.4, 0.5) is 33.5 Å². The van der Waals surface area contributed by atoms with Crippen LogP contribution >= 0.6 is 15.9 Å². The van der Waals surface area contributed by atoms with E-state index in [0.717, 1.165) is 10.2 Å². The number of carbonyl (C=O) groups is 1. The third-order valence-corrected chi connectivity index (χ3v) is 4.48. The van der Waals surface area contributed by atoms with Crippen LogP contribution in [0.15, 0.2) is 59.3 Å². The van der Waals surface area contributed by atoms with Crippen LogP contribution in [-0.2, 0) is 0 Å². The van der Waals surface area contributed by atoms with Crippen LogP contribution < -0.4 is 26.0 Å². The van der Waals surface area contributed by atoms with Crippen molar-refractivity contribution < 1.29 is 9.53 Å². The summed E-state index contributed by atoms with van der Waals surface area (Å²) in [6.07, 6.45) is 1.48. The molecule has 9 heteroatoms. The van der Waals surface area contributed by atoms with Crippen molar-refractivity contribution in [1.29, 1.82) is 0 Å². The zero-order chi connectivity index (χ0) is 19.3. The van der Waals surface area contributed by atoms with Gasteiger partial charge >= 0.3 is 6.03 Å². The lowest BCUT2D eigenvalue weighted by molar-refractivity contribution is 0.262. The Hall–Kier alpha value is -3.33. The first-order valence-electron chi connectivity index (χ1n) is 8.60. The first-order chi connectivity index (χ1) is 13.7. The Morgan fingerprint density at radius 3 is 2.32 bits per heavy atom. The third kappa shape index (κ3) is 4.32. The number of nitrogens with zero attached hydrogens (tertiary/aromatic N) is 2. The fourth-order valence-corrected chi connectivity index (χ4v) is 2.91. The van der Waals surface area contributed by atoms with Crippen molar-refractivity contribution in [2.45, 2.75) is 0 Å². The lowest BCUT2D eigenvalue weighted by atomic mass is 10.2. The van der Waals surface area contributed by atoms with Gasteiger partial charge in [0.15, 0.2) is 11.6 Å². The fraction of sp³-hybridized carbons (Fsp3) is 0.105. The standard InChI is InChI=1S/C19H17BrN6O2/c20-12-1-3-14(4-2-12)25-19(27)26-15-7-5-13(6-8-15)24-18-16-17(22-11-23-18)21-9-10-28-16/h1-8,11H,9-10H2,(H2,25,26,27)(H2,21,22,23,24). The highest BCUT2D eigenvalue weighted by Crippen LogP contribution is 2.33. The smallest absolute Gasteiger partial charge is 0.323 e. The number of halogens is 1. The SMILES string of the molecule is O=C(Nc1ccc(Br)cc1)Nc1ccc(Nc2ncnc3c2OCCN3)cc1. The van der Waals surface area contributed by atoms with E-state index in [-0.39, 0.29) is 6.03 Å². The fourth-order valence-electron chi connectivity index (χ4n) is 2.65. The molecule has 0 bridgehead atoms. The minimum Gasteiger partial charge on any atom is -0.485 e. The number of nitrogens with one attached hydrogen (secondary N) is 4. The summed E-state index contributed by atoms with van der Waals surface area (Å²) in [5, 5.41) is 12.0. The maximum absolute atomic E-state index is 12.1. The molecule has 1 aliphatic heterocycles. The first-order valence-corrected chi connectivity index (χ1v) is 9.39. The van der Waals surface area contributed by atoms with Gasteiger partial charge in [-0.2, -0.15) is 0 Å². The van der Waals surface area contributed by atoms with Crippen LogP contribution in [-0.4, -0.2) is 29.2 Å². The molecule has 8 nitrogen and oxygen atoms in total. The molecule has 3 aromatic rings.